The summed E-state index contributed by atoms with van der Waals surface area (Å²) in [6.45, 7) is -0.0180. The van der Waals surface area contributed by atoms with Crippen molar-refractivity contribution in [1.82, 2.24) is 13.5 Å². The fourth-order valence-corrected chi connectivity index (χ4v) is 7.83. The van der Waals surface area contributed by atoms with Crippen LogP contribution in [0.5, 0.6) is 0 Å². The molecule has 244 valence electrons. The van der Waals surface area contributed by atoms with Crippen LogP contribution in [-0.2, 0) is 23.0 Å². The highest BCUT2D eigenvalue weighted by atomic mass is 32.2. The quantitative estimate of drug-likeness (QED) is 0.136. The van der Waals surface area contributed by atoms with Gasteiger partial charge in [-0.1, -0.05) is 54.6 Å². The number of hydrogen-bond donors (Lipinski definition) is 0. The SMILES string of the molecule is O=C(CCc1cccc(-c2cn(S(=O)(=O)c3ccccc3)c3ncc(-c4cccs4)cc23)c1)c1cccn(Cc2ccc(F)c(F)c2)c1=O. The van der Waals surface area contributed by atoms with E-state index in [1.165, 1.54) is 26.9 Å². The van der Waals surface area contributed by atoms with Gasteiger partial charge in [0.1, 0.15) is 0 Å². The summed E-state index contributed by atoms with van der Waals surface area (Å²) in [6.07, 6.45) is 5.12. The van der Waals surface area contributed by atoms with E-state index in [0.29, 0.717) is 28.6 Å². The third-order valence-corrected chi connectivity index (χ3v) is 10.8. The van der Waals surface area contributed by atoms with E-state index in [0.717, 1.165) is 33.7 Å². The second-order valence-electron chi connectivity index (χ2n) is 11.5. The third-order valence-electron chi connectivity index (χ3n) is 8.25. The van der Waals surface area contributed by atoms with Crippen LogP contribution in [0.3, 0.4) is 0 Å². The van der Waals surface area contributed by atoms with Gasteiger partial charge >= 0.3 is 0 Å². The summed E-state index contributed by atoms with van der Waals surface area (Å²) in [4.78, 5) is 32.2. The molecule has 3 aromatic carbocycles. The van der Waals surface area contributed by atoms with Gasteiger partial charge in [0.2, 0.25) is 0 Å². The Morgan fingerprint density at radius 3 is 2.43 bits per heavy atom. The molecule has 11 heteroatoms. The molecule has 0 atom stereocenters. The van der Waals surface area contributed by atoms with Gasteiger partial charge in [0.15, 0.2) is 23.1 Å². The summed E-state index contributed by atoms with van der Waals surface area (Å²) < 4.78 is 57.2. The molecule has 0 amide bonds. The van der Waals surface area contributed by atoms with Crippen LogP contribution in [0.1, 0.15) is 27.9 Å². The smallest absolute Gasteiger partial charge is 0.269 e. The Morgan fingerprint density at radius 1 is 0.816 bits per heavy atom. The van der Waals surface area contributed by atoms with E-state index in [9.17, 15) is 26.8 Å². The van der Waals surface area contributed by atoms with Crippen molar-refractivity contribution in [3.8, 4) is 21.6 Å². The molecule has 0 aliphatic carbocycles. The molecule has 4 heterocycles. The predicted molar refractivity (Wildman–Crippen MR) is 186 cm³/mol. The highest BCUT2D eigenvalue weighted by molar-refractivity contribution is 7.90. The van der Waals surface area contributed by atoms with Crippen molar-refractivity contribution in [3.05, 3.63) is 166 Å². The Labute approximate surface area is 284 Å². The maximum absolute atomic E-state index is 13.8. The first-order chi connectivity index (χ1) is 23.7. The van der Waals surface area contributed by atoms with E-state index in [2.05, 4.69) is 4.98 Å². The third kappa shape index (κ3) is 6.38. The van der Waals surface area contributed by atoms with Crippen molar-refractivity contribution in [2.45, 2.75) is 24.3 Å². The Hall–Kier alpha value is -5.52. The minimum Gasteiger partial charge on any atom is -0.310 e. The molecule has 0 fully saturated rings. The van der Waals surface area contributed by atoms with Gasteiger partial charge in [-0.25, -0.2) is 26.2 Å². The normalized spacial score (nSPS) is 11.6. The molecule has 0 radical (unpaired) electrons. The second-order valence-corrected chi connectivity index (χ2v) is 14.2. The number of fused-ring (bicyclic) bond motifs is 1. The second kappa shape index (κ2) is 13.2. The highest BCUT2D eigenvalue weighted by Crippen LogP contribution is 2.36. The minimum atomic E-state index is -3.97. The van der Waals surface area contributed by atoms with E-state index in [1.54, 1.807) is 60.1 Å². The topological polar surface area (TPSA) is 91.0 Å². The van der Waals surface area contributed by atoms with E-state index < -0.39 is 27.2 Å². The summed E-state index contributed by atoms with van der Waals surface area (Å²) in [5.74, 6) is -2.35. The first-order valence-electron chi connectivity index (χ1n) is 15.3. The molecule has 0 aliphatic rings. The van der Waals surface area contributed by atoms with Crippen molar-refractivity contribution < 1.29 is 22.0 Å². The lowest BCUT2D eigenvalue weighted by Crippen LogP contribution is -2.26. The first-order valence-corrected chi connectivity index (χ1v) is 17.6. The molecule has 0 saturated heterocycles. The summed E-state index contributed by atoms with van der Waals surface area (Å²) >= 11 is 1.56. The zero-order valence-corrected chi connectivity index (χ0v) is 27.4. The number of hydrogen-bond acceptors (Lipinski definition) is 6. The molecular formula is C38H27F2N3O4S2. The fraction of sp³-hybridized carbons (Fsp3) is 0.0789. The Bertz CT molecular complexity index is 2510. The fourth-order valence-electron chi connectivity index (χ4n) is 5.77. The van der Waals surface area contributed by atoms with Crippen molar-refractivity contribution in [2.75, 3.05) is 0 Å². The lowest BCUT2D eigenvalue weighted by molar-refractivity contribution is 0.0980. The number of carbonyl (C=O) groups excluding carboxylic acids is 1. The van der Waals surface area contributed by atoms with Crippen LogP contribution in [0.15, 0.2) is 137 Å². The minimum absolute atomic E-state index is 0.00241. The van der Waals surface area contributed by atoms with Crippen molar-refractivity contribution in [3.63, 3.8) is 0 Å². The molecule has 0 aliphatic heterocycles. The number of rotatable bonds is 10. The average molecular weight is 692 g/mol. The number of aromatic nitrogens is 3. The van der Waals surface area contributed by atoms with Crippen molar-refractivity contribution >= 4 is 38.2 Å². The number of pyridine rings is 2. The maximum Gasteiger partial charge on any atom is 0.269 e. The van der Waals surface area contributed by atoms with Gasteiger partial charge in [-0.05, 0) is 77.0 Å². The van der Waals surface area contributed by atoms with Crippen LogP contribution < -0.4 is 5.56 Å². The monoisotopic (exact) mass is 691 g/mol. The Balaban J connectivity index is 1.19. The molecular weight excluding hydrogens is 665 g/mol. The van der Waals surface area contributed by atoms with E-state index in [4.69, 9.17) is 0 Å². The maximum atomic E-state index is 13.8. The lowest BCUT2D eigenvalue weighted by Gasteiger charge is -2.09. The van der Waals surface area contributed by atoms with Crippen LogP contribution in [0, 0.1) is 11.6 Å². The Kier molecular flexibility index (Phi) is 8.62. The molecule has 4 aromatic heterocycles. The standard InChI is InChI=1S/C38H27F2N3O4S2/c39-33-15-13-26(20-34(33)40)23-42-17-5-11-30(38(42)45)35(44)16-14-25-7-4-8-27(19-25)32-24-43(49(46,47)29-9-2-1-3-10-29)37-31(32)21-28(22-41-37)36-12-6-18-48-36/h1-13,15,17-22,24H,14,16,23H2. The number of nitrogens with zero attached hydrogens (tertiary/aromatic N) is 3. The summed E-state index contributed by atoms with van der Waals surface area (Å²) in [6, 6.07) is 28.0. The number of ketones is 1. The van der Waals surface area contributed by atoms with Gasteiger partial charge in [0.05, 0.1) is 17.0 Å². The number of Topliss-reactive ketones (excluding diaryl/α,β-unsaturated/α-hetero) is 1. The van der Waals surface area contributed by atoms with Gasteiger partial charge < -0.3 is 4.57 Å². The van der Waals surface area contributed by atoms with Crippen LogP contribution >= 0.6 is 11.3 Å². The van der Waals surface area contributed by atoms with Gasteiger partial charge in [-0.15, -0.1) is 11.3 Å². The van der Waals surface area contributed by atoms with Crippen LogP contribution in [0.25, 0.3) is 32.6 Å². The lowest BCUT2D eigenvalue weighted by atomic mass is 9.98. The predicted octanol–water partition coefficient (Wildman–Crippen LogP) is 7.97. The molecule has 7 aromatic rings. The summed E-state index contributed by atoms with van der Waals surface area (Å²) in [7, 11) is -3.97. The van der Waals surface area contributed by atoms with Gasteiger partial charge in [0, 0.05) is 46.4 Å². The molecule has 0 spiro atoms. The summed E-state index contributed by atoms with van der Waals surface area (Å²) in [5, 5.41) is 2.62. The van der Waals surface area contributed by atoms with Crippen LogP contribution in [0.4, 0.5) is 8.78 Å². The molecule has 49 heavy (non-hydrogen) atoms. The molecule has 7 nitrogen and oxygen atoms in total. The number of thiophene rings is 1. The van der Waals surface area contributed by atoms with Gasteiger partial charge in [0.25, 0.3) is 15.6 Å². The first kappa shape index (κ1) is 32.0. The molecule has 0 N–H and O–H groups in total. The van der Waals surface area contributed by atoms with Crippen LogP contribution in [0.2, 0.25) is 0 Å². The van der Waals surface area contributed by atoms with Crippen molar-refractivity contribution in [2.24, 2.45) is 0 Å². The van der Waals surface area contributed by atoms with Gasteiger partial charge in [-0.2, -0.15) is 0 Å². The van der Waals surface area contributed by atoms with Crippen molar-refractivity contribution in [1.29, 1.82) is 0 Å². The molecule has 0 unspecified atom stereocenters. The highest BCUT2D eigenvalue weighted by Gasteiger charge is 2.23. The number of benzene rings is 3. The van der Waals surface area contributed by atoms with Crippen LogP contribution in [-0.4, -0.2) is 27.7 Å². The summed E-state index contributed by atoms with van der Waals surface area (Å²) in [5.41, 5.74) is 3.25. The number of carbonyl (C=O) groups is 1. The number of aryl methyl sites for hydroxylation is 1. The largest absolute Gasteiger partial charge is 0.310 e. The zero-order chi connectivity index (χ0) is 34.1. The van der Waals surface area contributed by atoms with E-state index >= 15 is 0 Å². The molecule has 7 rings (SSSR count). The number of halogens is 2. The van der Waals surface area contributed by atoms with E-state index in [1.807, 2.05) is 47.8 Å². The molecule has 0 bridgehead atoms. The zero-order valence-electron chi connectivity index (χ0n) is 25.8. The Morgan fingerprint density at radius 2 is 1.65 bits per heavy atom. The molecule has 0 saturated carbocycles. The van der Waals surface area contributed by atoms with Gasteiger partial charge in [-0.3, -0.25) is 9.59 Å². The van der Waals surface area contributed by atoms with E-state index in [-0.39, 0.29) is 29.2 Å². The average Bonchev–Trinajstić information content (AvgIpc) is 3.79.